The molecule has 6 nitrogen and oxygen atoms in total. The van der Waals surface area contributed by atoms with E-state index in [1.165, 1.54) is 37.6 Å². The molecule has 0 spiro atoms. The number of rotatable bonds is 6. The van der Waals surface area contributed by atoms with Crippen LogP contribution in [0.2, 0.25) is 0 Å². The van der Waals surface area contributed by atoms with Crippen molar-refractivity contribution >= 4 is 0 Å². The van der Waals surface area contributed by atoms with Gasteiger partial charge in [-0.1, -0.05) is 24.3 Å². The number of H-pyrrole nitrogens is 1. The Bertz CT molecular complexity index is 1010. The molecule has 1 aliphatic heterocycles. The molecule has 1 aliphatic rings. The van der Waals surface area contributed by atoms with Gasteiger partial charge in [0.25, 0.3) is 5.56 Å². The van der Waals surface area contributed by atoms with Crippen molar-refractivity contribution in [3.63, 3.8) is 0 Å². The van der Waals surface area contributed by atoms with Crippen LogP contribution in [0.15, 0.2) is 59.7 Å². The van der Waals surface area contributed by atoms with Gasteiger partial charge >= 0.3 is 0 Å². The number of likely N-dealkylation sites (tertiary alicyclic amines) is 1. The van der Waals surface area contributed by atoms with E-state index in [9.17, 15) is 4.79 Å². The Kier molecular flexibility index (Phi) is 6.35. The molecule has 0 radical (unpaired) electrons. The van der Waals surface area contributed by atoms with Crippen molar-refractivity contribution in [2.75, 3.05) is 33.7 Å². The predicted octanol–water partition coefficient (Wildman–Crippen LogP) is 3.27. The monoisotopic (exact) mass is 403 g/mol. The molecule has 0 unspecified atom stereocenters. The summed E-state index contributed by atoms with van der Waals surface area (Å²) in [6, 6.07) is 13.6. The van der Waals surface area contributed by atoms with Gasteiger partial charge < -0.3 is 14.8 Å². The van der Waals surface area contributed by atoms with Gasteiger partial charge in [-0.3, -0.25) is 9.78 Å². The topological polar surface area (TPSA) is 65.1 Å². The van der Waals surface area contributed by atoms with E-state index < -0.39 is 0 Å². The standard InChI is InChI=1S/C24H29N5O/c1-28-13-9-19(10-14-28)17-29(2)16-18-3-5-21(6-4-18)24-26-22(15-23(30)27-24)20-7-11-25-12-8-20/h3-8,11-12,15,19H,9-10,13-14,16-17H2,1-2H3,(H,26,27,30). The second-order valence-electron chi connectivity index (χ2n) is 8.36. The Labute approximate surface area is 177 Å². The third-order valence-corrected chi connectivity index (χ3v) is 5.81. The van der Waals surface area contributed by atoms with E-state index in [0.29, 0.717) is 11.5 Å². The predicted molar refractivity (Wildman–Crippen MR) is 120 cm³/mol. The number of nitrogens with zero attached hydrogens (tertiary/aromatic N) is 4. The second kappa shape index (κ2) is 9.32. The minimum Gasteiger partial charge on any atom is -0.306 e. The van der Waals surface area contributed by atoms with Crippen LogP contribution in [0.25, 0.3) is 22.6 Å². The fraction of sp³-hybridized carbons (Fsp3) is 0.375. The summed E-state index contributed by atoms with van der Waals surface area (Å²) in [7, 11) is 4.40. The molecule has 0 atom stereocenters. The summed E-state index contributed by atoms with van der Waals surface area (Å²) in [5.74, 6) is 1.37. The highest BCUT2D eigenvalue weighted by Gasteiger charge is 2.18. The molecule has 1 fully saturated rings. The number of nitrogens with one attached hydrogen (secondary N) is 1. The van der Waals surface area contributed by atoms with Crippen LogP contribution in [0.4, 0.5) is 0 Å². The summed E-state index contributed by atoms with van der Waals surface area (Å²) < 4.78 is 0. The van der Waals surface area contributed by atoms with E-state index in [1.54, 1.807) is 12.4 Å². The highest BCUT2D eigenvalue weighted by Crippen LogP contribution is 2.21. The van der Waals surface area contributed by atoms with Crippen LogP contribution >= 0.6 is 0 Å². The lowest BCUT2D eigenvalue weighted by Gasteiger charge is -2.31. The summed E-state index contributed by atoms with van der Waals surface area (Å²) >= 11 is 0. The number of hydrogen-bond donors (Lipinski definition) is 1. The Morgan fingerprint density at radius 3 is 2.47 bits per heavy atom. The van der Waals surface area contributed by atoms with Crippen molar-refractivity contribution in [3.05, 3.63) is 70.8 Å². The molecule has 3 aromatic rings. The Morgan fingerprint density at radius 1 is 1.07 bits per heavy atom. The number of benzene rings is 1. The zero-order valence-electron chi connectivity index (χ0n) is 17.7. The van der Waals surface area contributed by atoms with Crippen molar-refractivity contribution < 1.29 is 0 Å². The van der Waals surface area contributed by atoms with Crippen LogP contribution in [0, 0.1) is 5.92 Å². The highest BCUT2D eigenvalue weighted by molar-refractivity contribution is 5.63. The van der Waals surface area contributed by atoms with Crippen LogP contribution in [0.5, 0.6) is 0 Å². The molecular weight excluding hydrogens is 374 g/mol. The molecule has 30 heavy (non-hydrogen) atoms. The number of hydrogen-bond acceptors (Lipinski definition) is 5. The number of aromatic nitrogens is 3. The number of aromatic amines is 1. The molecule has 0 bridgehead atoms. The van der Waals surface area contributed by atoms with E-state index in [-0.39, 0.29) is 5.56 Å². The molecule has 6 heteroatoms. The summed E-state index contributed by atoms with van der Waals surface area (Å²) in [6.45, 7) is 4.47. The van der Waals surface area contributed by atoms with Gasteiger partial charge in [-0.15, -0.1) is 0 Å². The average Bonchev–Trinajstić information content (AvgIpc) is 2.76. The highest BCUT2D eigenvalue weighted by atomic mass is 16.1. The largest absolute Gasteiger partial charge is 0.306 e. The molecular formula is C24H29N5O. The number of piperidine rings is 1. The van der Waals surface area contributed by atoms with Crippen LogP contribution in [-0.2, 0) is 6.54 Å². The first-order valence-electron chi connectivity index (χ1n) is 10.5. The third-order valence-electron chi connectivity index (χ3n) is 5.81. The number of pyridine rings is 1. The van der Waals surface area contributed by atoms with Crippen LogP contribution < -0.4 is 5.56 Å². The normalized spacial score (nSPS) is 15.6. The van der Waals surface area contributed by atoms with Crippen molar-refractivity contribution in [2.24, 2.45) is 5.92 Å². The molecule has 0 aliphatic carbocycles. The zero-order valence-corrected chi connectivity index (χ0v) is 17.7. The van der Waals surface area contributed by atoms with E-state index >= 15 is 0 Å². The lowest BCUT2D eigenvalue weighted by molar-refractivity contribution is 0.173. The molecule has 1 N–H and O–H groups in total. The Morgan fingerprint density at radius 2 is 1.77 bits per heavy atom. The van der Waals surface area contributed by atoms with Gasteiger partial charge in [0.15, 0.2) is 0 Å². The maximum Gasteiger partial charge on any atom is 0.251 e. The molecule has 1 saturated heterocycles. The summed E-state index contributed by atoms with van der Waals surface area (Å²) in [5, 5.41) is 0. The first kappa shape index (κ1) is 20.4. The first-order chi connectivity index (χ1) is 14.6. The molecule has 156 valence electrons. The fourth-order valence-electron chi connectivity index (χ4n) is 4.09. The van der Waals surface area contributed by atoms with Crippen LogP contribution in [0.3, 0.4) is 0 Å². The van der Waals surface area contributed by atoms with E-state index in [2.05, 4.69) is 51.0 Å². The van der Waals surface area contributed by atoms with E-state index in [0.717, 1.165) is 30.1 Å². The van der Waals surface area contributed by atoms with Gasteiger partial charge in [-0.2, -0.15) is 0 Å². The quantitative estimate of drug-likeness (QED) is 0.684. The fourth-order valence-corrected chi connectivity index (χ4v) is 4.09. The van der Waals surface area contributed by atoms with Gasteiger partial charge in [0.1, 0.15) is 5.82 Å². The molecule has 2 aromatic heterocycles. The van der Waals surface area contributed by atoms with Crippen LogP contribution in [-0.4, -0.2) is 58.5 Å². The molecule has 4 rings (SSSR count). The van der Waals surface area contributed by atoms with Crippen molar-refractivity contribution in [2.45, 2.75) is 19.4 Å². The Hall–Kier alpha value is -2.83. The summed E-state index contributed by atoms with van der Waals surface area (Å²) in [4.78, 5) is 28.5. The molecule has 0 saturated carbocycles. The summed E-state index contributed by atoms with van der Waals surface area (Å²) in [6.07, 6.45) is 5.97. The van der Waals surface area contributed by atoms with Gasteiger partial charge in [-0.05, 0) is 63.6 Å². The molecule has 3 heterocycles. The van der Waals surface area contributed by atoms with Gasteiger partial charge in [0, 0.05) is 42.7 Å². The lowest BCUT2D eigenvalue weighted by atomic mass is 9.96. The second-order valence-corrected chi connectivity index (χ2v) is 8.36. The SMILES string of the molecule is CN1CCC(CN(C)Cc2ccc(-c3nc(-c4ccncc4)cc(=O)[nH]3)cc2)CC1. The molecule has 0 amide bonds. The smallest absolute Gasteiger partial charge is 0.251 e. The van der Waals surface area contributed by atoms with E-state index in [1.807, 2.05) is 24.3 Å². The van der Waals surface area contributed by atoms with Crippen molar-refractivity contribution in [1.29, 1.82) is 0 Å². The van der Waals surface area contributed by atoms with Gasteiger partial charge in [-0.25, -0.2) is 4.98 Å². The maximum atomic E-state index is 12.2. The lowest BCUT2D eigenvalue weighted by Crippen LogP contribution is -2.35. The average molecular weight is 404 g/mol. The molecule has 1 aromatic carbocycles. The van der Waals surface area contributed by atoms with Gasteiger partial charge in [0.2, 0.25) is 0 Å². The minimum absolute atomic E-state index is 0.159. The Balaban J connectivity index is 1.43. The van der Waals surface area contributed by atoms with Crippen molar-refractivity contribution in [3.8, 4) is 22.6 Å². The van der Waals surface area contributed by atoms with Gasteiger partial charge in [0.05, 0.1) is 5.69 Å². The van der Waals surface area contributed by atoms with Crippen molar-refractivity contribution in [1.82, 2.24) is 24.8 Å². The minimum atomic E-state index is -0.159. The zero-order chi connectivity index (χ0) is 20.9. The van der Waals surface area contributed by atoms with Crippen LogP contribution in [0.1, 0.15) is 18.4 Å². The van der Waals surface area contributed by atoms with E-state index in [4.69, 9.17) is 0 Å². The summed E-state index contributed by atoms with van der Waals surface area (Å²) in [5.41, 5.74) is 3.54. The maximum absolute atomic E-state index is 12.2. The third kappa shape index (κ3) is 5.20. The first-order valence-corrected chi connectivity index (χ1v) is 10.5.